The number of nitrogens with two attached hydrogens (primary N) is 2. The number of hydrogen-bond acceptors (Lipinski definition) is 5. The first kappa shape index (κ1) is 14.8. The van der Waals surface area contributed by atoms with Crippen molar-refractivity contribution in [2.24, 2.45) is 5.73 Å². The summed E-state index contributed by atoms with van der Waals surface area (Å²) in [5, 5.41) is 0. The van der Waals surface area contributed by atoms with Crippen molar-refractivity contribution < 1.29 is 14.3 Å². The number of nitrogens with zero attached hydrogens (tertiary/aromatic N) is 1. The van der Waals surface area contributed by atoms with Crippen LogP contribution in [0.2, 0.25) is 0 Å². The van der Waals surface area contributed by atoms with Gasteiger partial charge in [-0.3, -0.25) is 4.79 Å². The SMILES string of the molecule is COC(=O)c1ccc(N)c(N(CC(N)=O)C(C)C)c1. The number of methoxy groups -OCH3 is 1. The smallest absolute Gasteiger partial charge is 0.337 e. The predicted molar refractivity (Wildman–Crippen MR) is 73.9 cm³/mol. The van der Waals surface area contributed by atoms with Crippen LogP contribution in [0.3, 0.4) is 0 Å². The number of rotatable bonds is 5. The zero-order chi connectivity index (χ0) is 14.6. The highest BCUT2D eigenvalue weighted by molar-refractivity contribution is 5.92. The zero-order valence-electron chi connectivity index (χ0n) is 11.3. The minimum absolute atomic E-state index is 0.0164. The van der Waals surface area contributed by atoms with Crippen LogP contribution >= 0.6 is 0 Å². The van der Waals surface area contributed by atoms with Crippen molar-refractivity contribution in [2.45, 2.75) is 19.9 Å². The second kappa shape index (κ2) is 6.08. The second-order valence-electron chi connectivity index (χ2n) is 4.45. The van der Waals surface area contributed by atoms with E-state index in [1.165, 1.54) is 7.11 Å². The van der Waals surface area contributed by atoms with E-state index in [1.54, 1.807) is 23.1 Å². The van der Waals surface area contributed by atoms with E-state index in [0.29, 0.717) is 16.9 Å². The molecule has 0 aliphatic carbocycles. The standard InChI is InChI=1S/C13H19N3O3/c1-8(2)16(7-12(15)17)11-6-9(13(18)19-3)4-5-10(11)14/h4-6,8H,7,14H2,1-3H3,(H2,15,17). The van der Waals surface area contributed by atoms with Crippen molar-refractivity contribution in [1.29, 1.82) is 0 Å². The number of anilines is 2. The topological polar surface area (TPSA) is 98.7 Å². The predicted octanol–water partition coefficient (Wildman–Crippen LogP) is 0.755. The number of carbonyl (C=O) groups excluding carboxylic acids is 2. The average molecular weight is 265 g/mol. The van der Waals surface area contributed by atoms with Crippen LogP contribution in [0.4, 0.5) is 11.4 Å². The molecule has 0 saturated carbocycles. The summed E-state index contributed by atoms with van der Waals surface area (Å²) in [5.41, 5.74) is 12.6. The number of carbonyl (C=O) groups is 2. The van der Waals surface area contributed by atoms with E-state index in [0.717, 1.165) is 0 Å². The fraction of sp³-hybridized carbons (Fsp3) is 0.385. The van der Waals surface area contributed by atoms with Gasteiger partial charge in [0.2, 0.25) is 5.91 Å². The van der Waals surface area contributed by atoms with E-state index in [-0.39, 0.29) is 12.6 Å². The van der Waals surface area contributed by atoms with Crippen molar-refractivity contribution in [3.05, 3.63) is 23.8 Å². The van der Waals surface area contributed by atoms with Crippen LogP contribution in [0.25, 0.3) is 0 Å². The van der Waals surface area contributed by atoms with E-state index in [9.17, 15) is 9.59 Å². The summed E-state index contributed by atoms with van der Waals surface area (Å²) in [6, 6.07) is 4.80. The van der Waals surface area contributed by atoms with Gasteiger partial charge in [-0.1, -0.05) is 0 Å². The van der Waals surface area contributed by atoms with Crippen LogP contribution in [0.5, 0.6) is 0 Å². The molecule has 104 valence electrons. The molecule has 1 aromatic carbocycles. The molecule has 19 heavy (non-hydrogen) atoms. The summed E-state index contributed by atoms with van der Waals surface area (Å²) in [6.07, 6.45) is 0. The van der Waals surface area contributed by atoms with Gasteiger partial charge < -0.3 is 21.1 Å². The number of benzene rings is 1. The van der Waals surface area contributed by atoms with Crippen LogP contribution in [-0.2, 0) is 9.53 Å². The molecule has 0 aromatic heterocycles. The maximum absolute atomic E-state index is 11.5. The quantitative estimate of drug-likeness (QED) is 0.604. The molecule has 4 N–H and O–H groups in total. The van der Waals surface area contributed by atoms with Crippen LogP contribution < -0.4 is 16.4 Å². The number of ether oxygens (including phenoxy) is 1. The van der Waals surface area contributed by atoms with Gasteiger partial charge in [0, 0.05) is 6.04 Å². The fourth-order valence-electron chi connectivity index (χ4n) is 1.75. The Morgan fingerprint density at radius 1 is 1.37 bits per heavy atom. The lowest BCUT2D eigenvalue weighted by atomic mass is 10.1. The van der Waals surface area contributed by atoms with E-state index in [4.69, 9.17) is 11.5 Å². The molecule has 0 spiro atoms. The molecule has 0 saturated heterocycles. The van der Waals surface area contributed by atoms with Gasteiger partial charge in [0.05, 0.1) is 30.6 Å². The van der Waals surface area contributed by atoms with Crippen molar-refractivity contribution in [1.82, 2.24) is 0 Å². The van der Waals surface area contributed by atoms with Crippen molar-refractivity contribution in [2.75, 3.05) is 24.3 Å². The van der Waals surface area contributed by atoms with E-state index < -0.39 is 11.9 Å². The zero-order valence-corrected chi connectivity index (χ0v) is 11.3. The maximum atomic E-state index is 11.5. The molecule has 0 fully saturated rings. The Balaban J connectivity index is 3.21. The van der Waals surface area contributed by atoms with E-state index in [1.807, 2.05) is 13.8 Å². The number of hydrogen-bond donors (Lipinski definition) is 2. The molecule has 1 aromatic rings. The fourth-order valence-corrected chi connectivity index (χ4v) is 1.75. The largest absolute Gasteiger partial charge is 0.465 e. The molecule has 0 heterocycles. The van der Waals surface area contributed by atoms with Gasteiger partial charge in [0.1, 0.15) is 0 Å². The second-order valence-corrected chi connectivity index (χ2v) is 4.45. The summed E-state index contributed by atoms with van der Waals surface area (Å²) < 4.78 is 4.66. The summed E-state index contributed by atoms with van der Waals surface area (Å²) in [4.78, 5) is 24.4. The van der Waals surface area contributed by atoms with Gasteiger partial charge in [-0.25, -0.2) is 4.79 Å². The minimum atomic E-state index is -0.462. The first-order valence-corrected chi connectivity index (χ1v) is 5.89. The lowest BCUT2D eigenvalue weighted by Gasteiger charge is -2.29. The molecular weight excluding hydrogens is 246 g/mol. The number of esters is 1. The van der Waals surface area contributed by atoms with Gasteiger partial charge in [0.15, 0.2) is 0 Å². The molecule has 1 rings (SSSR count). The van der Waals surface area contributed by atoms with Crippen molar-refractivity contribution in [3.63, 3.8) is 0 Å². The summed E-state index contributed by atoms with van der Waals surface area (Å²) >= 11 is 0. The first-order valence-electron chi connectivity index (χ1n) is 5.89. The third kappa shape index (κ3) is 3.61. The van der Waals surface area contributed by atoms with Gasteiger partial charge >= 0.3 is 5.97 Å². The van der Waals surface area contributed by atoms with E-state index >= 15 is 0 Å². The molecule has 0 atom stereocenters. The Morgan fingerprint density at radius 2 is 2.00 bits per heavy atom. The summed E-state index contributed by atoms with van der Waals surface area (Å²) in [6.45, 7) is 3.85. The van der Waals surface area contributed by atoms with Gasteiger partial charge in [-0.05, 0) is 32.0 Å². The molecule has 0 unspecified atom stereocenters. The van der Waals surface area contributed by atoms with Crippen LogP contribution in [0.15, 0.2) is 18.2 Å². The Hall–Kier alpha value is -2.24. The summed E-state index contributed by atoms with van der Waals surface area (Å²) in [5.74, 6) is -0.916. The Labute approximate surface area is 112 Å². The molecule has 1 amide bonds. The highest BCUT2D eigenvalue weighted by Gasteiger charge is 2.18. The lowest BCUT2D eigenvalue weighted by molar-refractivity contribution is -0.116. The van der Waals surface area contributed by atoms with Gasteiger partial charge in [-0.2, -0.15) is 0 Å². The Kier molecular flexibility index (Phi) is 4.74. The molecule has 6 heteroatoms. The molecule has 0 bridgehead atoms. The van der Waals surface area contributed by atoms with Crippen molar-refractivity contribution >= 4 is 23.3 Å². The minimum Gasteiger partial charge on any atom is -0.465 e. The molecule has 0 radical (unpaired) electrons. The Morgan fingerprint density at radius 3 is 2.47 bits per heavy atom. The average Bonchev–Trinajstić information content (AvgIpc) is 2.35. The molecular formula is C13H19N3O3. The molecule has 0 aliphatic rings. The maximum Gasteiger partial charge on any atom is 0.337 e. The third-order valence-corrected chi connectivity index (χ3v) is 2.71. The Bertz CT molecular complexity index is 486. The van der Waals surface area contributed by atoms with Crippen LogP contribution in [0, 0.1) is 0 Å². The van der Waals surface area contributed by atoms with E-state index in [2.05, 4.69) is 4.74 Å². The molecule has 0 aliphatic heterocycles. The molecule has 6 nitrogen and oxygen atoms in total. The monoisotopic (exact) mass is 265 g/mol. The van der Waals surface area contributed by atoms with Crippen molar-refractivity contribution in [3.8, 4) is 0 Å². The summed E-state index contributed by atoms with van der Waals surface area (Å²) in [7, 11) is 1.31. The lowest BCUT2D eigenvalue weighted by Crippen LogP contribution is -2.39. The highest BCUT2D eigenvalue weighted by atomic mass is 16.5. The van der Waals surface area contributed by atoms with Gasteiger partial charge in [-0.15, -0.1) is 0 Å². The van der Waals surface area contributed by atoms with Crippen LogP contribution in [0.1, 0.15) is 24.2 Å². The number of nitrogen functional groups attached to an aromatic ring is 1. The first-order chi connectivity index (χ1) is 8.86. The van der Waals surface area contributed by atoms with Gasteiger partial charge in [0.25, 0.3) is 0 Å². The van der Waals surface area contributed by atoms with Crippen LogP contribution in [-0.4, -0.2) is 31.6 Å². The number of amides is 1. The normalized spacial score (nSPS) is 10.3. The highest BCUT2D eigenvalue weighted by Crippen LogP contribution is 2.26. The number of primary amides is 1. The third-order valence-electron chi connectivity index (χ3n) is 2.71.